The molecule has 2 unspecified atom stereocenters. The fourth-order valence-corrected chi connectivity index (χ4v) is 3.64. The van der Waals surface area contributed by atoms with E-state index in [9.17, 15) is 0 Å². The van der Waals surface area contributed by atoms with E-state index in [-0.39, 0.29) is 0 Å². The van der Waals surface area contributed by atoms with Gasteiger partial charge in [0.05, 0.1) is 16.4 Å². The maximum Gasteiger partial charge on any atom is 0.0849 e. The number of hydrogen-bond acceptors (Lipinski definition) is 2. The molecule has 1 aromatic rings. The van der Waals surface area contributed by atoms with Crippen molar-refractivity contribution in [3.05, 3.63) is 16.4 Å². The number of aryl methyl sites for hydroxylation is 2. The molecular weight excluding hydrogens is 258 g/mol. The summed E-state index contributed by atoms with van der Waals surface area (Å²) >= 11 is 6.51. The van der Waals surface area contributed by atoms with E-state index in [0.717, 1.165) is 30.1 Å². The predicted molar refractivity (Wildman–Crippen MR) is 80.8 cm³/mol. The smallest absolute Gasteiger partial charge is 0.0849 e. The summed E-state index contributed by atoms with van der Waals surface area (Å²) < 4.78 is 2.10. The lowest BCUT2D eigenvalue weighted by Crippen LogP contribution is -2.37. The predicted octanol–water partition coefficient (Wildman–Crippen LogP) is 3.44. The quantitative estimate of drug-likeness (QED) is 0.897. The van der Waals surface area contributed by atoms with Crippen molar-refractivity contribution in [2.75, 3.05) is 7.05 Å². The molecule has 1 aliphatic carbocycles. The Morgan fingerprint density at radius 2 is 2.05 bits per heavy atom. The molecule has 4 heteroatoms. The maximum absolute atomic E-state index is 6.51. The Balaban J connectivity index is 2.19. The van der Waals surface area contributed by atoms with Crippen LogP contribution in [-0.2, 0) is 19.4 Å². The molecule has 1 aromatic heterocycles. The second-order valence-electron chi connectivity index (χ2n) is 5.52. The first-order valence-electron chi connectivity index (χ1n) is 7.62. The molecule has 1 N–H and O–H groups in total. The van der Waals surface area contributed by atoms with Crippen LogP contribution in [0.15, 0.2) is 0 Å². The van der Waals surface area contributed by atoms with Crippen molar-refractivity contribution in [3.8, 4) is 0 Å². The lowest BCUT2D eigenvalue weighted by molar-refractivity contribution is 0.268. The molecule has 3 nitrogen and oxygen atoms in total. The molecule has 108 valence electrons. The first-order valence-corrected chi connectivity index (χ1v) is 8.00. The van der Waals surface area contributed by atoms with Crippen LogP contribution in [0.2, 0.25) is 5.02 Å². The van der Waals surface area contributed by atoms with Crippen molar-refractivity contribution in [2.24, 2.45) is 5.92 Å². The fraction of sp³-hybridized carbons (Fsp3) is 0.800. The highest BCUT2D eigenvalue weighted by Gasteiger charge is 2.26. The summed E-state index contributed by atoms with van der Waals surface area (Å²) in [6.45, 7) is 5.17. The number of nitrogens with zero attached hydrogens (tertiary/aromatic N) is 2. The normalized spacial score (nSPS) is 23.8. The third-order valence-electron chi connectivity index (χ3n) is 4.43. The van der Waals surface area contributed by atoms with Gasteiger partial charge in [-0.2, -0.15) is 5.10 Å². The molecule has 1 saturated carbocycles. The Kier molecular flexibility index (Phi) is 5.28. The van der Waals surface area contributed by atoms with Gasteiger partial charge < -0.3 is 5.32 Å². The van der Waals surface area contributed by atoms with Gasteiger partial charge in [0.25, 0.3) is 0 Å². The molecular formula is C15H26ClN3. The van der Waals surface area contributed by atoms with Crippen molar-refractivity contribution >= 4 is 11.6 Å². The monoisotopic (exact) mass is 283 g/mol. The SMILES string of the molecule is CCc1nn(CC)c(CC2CCCCC2NC)c1Cl. The molecule has 0 spiro atoms. The second-order valence-corrected chi connectivity index (χ2v) is 5.90. The summed E-state index contributed by atoms with van der Waals surface area (Å²) in [6.07, 6.45) is 7.27. The highest BCUT2D eigenvalue weighted by molar-refractivity contribution is 6.31. The van der Waals surface area contributed by atoms with Gasteiger partial charge in [0, 0.05) is 12.6 Å². The summed E-state index contributed by atoms with van der Waals surface area (Å²) in [5.74, 6) is 0.697. The van der Waals surface area contributed by atoms with E-state index >= 15 is 0 Å². The Hall–Kier alpha value is -0.540. The van der Waals surface area contributed by atoms with E-state index in [1.165, 1.54) is 31.4 Å². The summed E-state index contributed by atoms with van der Waals surface area (Å²) in [4.78, 5) is 0. The molecule has 0 radical (unpaired) electrons. The Bertz CT molecular complexity index is 414. The summed E-state index contributed by atoms with van der Waals surface area (Å²) in [5, 5.41) is 9.01. The van der Waals surface area contributed by atoms with Crippen LogP contribution in [0, 0.1) is 5.92 Å². The second kappa shape index (κ2) is 6.76. The average molecular weight is 284 g/mol. The van der Waals surface area contributed by atoms with Crippen molar-refractivity contribution in [1.82, 2.24) is 15.1 Å². The van der Waals surface area contributed by atoms with E-state index in [0.29, 0.717) is 12.0 Å². The number of halogens is 1. The average Bonchev–Trinajstić information content (AvgIpc) is 2.76. The summed E-state index contributed by atoms with van der Waals surface area (Å²) in [7, 11) is 2.08. The van der Waals surface area contributed by atoms with Gasteiger partial charge in [-0.05, 0) is 45.6 Å². The van der Waals surface area contributed by atoms with Gasteiger partial charge in [-0.15, -0.1) is 0 Å². The molecule has 2 atom stereocenters. The van der Waals surface area contributed by atoms with Crippen molar-refractivity contribution < 1.29 is 0 Å². The molecule has 2 rings (SSSR count). The highest BCUT2D eigenvalue weighted by atomic mass is 35.5. The molecule has 1 aliphatic rings. The highest BCUT2D eigenvalue weighted by Crippen LogP contribution is 2.31. The van der Waals surface area contributed by atoms with Crippen LogP contribution >= 0.6 is 11.6 Å². The lowest BCUT2D eigenvalue weighted by atomic mass is 9.81. The van der Waals surface area contributed by atoms with Crippen LogP contribution in [0.1, 0.15) is 50.9 Å². The number of rotatable bonds is 5. The van der Waals surface area contributed by atoms with E-state index in [4.69, 9.17) is 11.6 Å². The van der Waals surface area contributed by atoms with Gasteiger partial charge in [0.1, 0.15) is 0 Å². The van der Waals surface area contributed by atoms with E-state index in [2.05, 4.69) is 36.0 Å². The van der Waals surface area contributed by atoms with Crippen LogP contribution in [0.5, 0.6) is 0 Å². The molecule has 0 amide bonds. The molecule has 0 bridgehead atoms. The van der Waals surface area contributed by atoms with Crippen LogP contribution in [0.4, 0.5) is 0 Å². The first kappa shape index (κ1) is 14.9. The van der Waals surface area contributed by atoms with Crippen LogP contribution in [-0.4, -0.2) is 22.9 Å². The number of nitrogens with one attached hydrogen (secondary N) is 1. The minimum Gasteiger partial charge on any atom is -0.317 e. The van der Waals surface area contributed by atoms with Crippen LogP contribution in [0.25, 0.3) is 0 Å². The fourth-order valence-electron chi connectivity index (χ4n) is 3.29. The Morgan fingerprint density at radius 1 is 1.32 bits per heavy atom. The van der Waals surface area contributed by atoms with Gasteiger partial charge in [0.2, 0.25) is 0 Å². The Morgan fingerprint density at radius 3 is 2.68 bits per heavy atom. The zero-order chi connectivity index (χ0) is 13.8. The van der Waals surface area contributed by atoms with Crippen molar-refractivity contribution in [2.45, 2.75) is 65.0 Å². The van der Waals surface area contributed by atoms with Crippen LogP contribution in [0.3, 0.4) is 0 Å². The van der Waals surface area contributed by atoms with Gasteiger partial charge in [-0.25, -0.2) is 0 Å². The summed E-state index contributed by atoms with van der Waals surface area (Å²) in [6, 6.07) is 0.634. The third kappa shape index (κ3) is 3.14. The first-order chi connectivity index (χ1) is 9.21. The van der Waals surface area contributed by atoms with Gasteiger partial charge in [-0.1, -0.05) is 31.4 Å². The van der Waals surface area contributed by atoms with Gasteiger partial charge >= 0.3 is 0 Å². The molecule has 0 aliphatic heterocycles. The largest absolute Gasteiger partial charge is 0.317 e. The van der Waals surface area contributed by atoms with Crippen LogP contribution < -0.4 is 5.32 Å². The molecule has 1 heterocycles. The van der Waals surface area contributed by atoms with Crippen molar-refractivity contribution in [3.63, 3.8) is 0 Å². The third-order valence-corrected chi connectivity index (χ3v) is 4.87. The minimum atomic E-state index is 0.634. The summed E-state index contributed by atoms with van der Waals surface area (Å²) in [5.41, 5.74) is 2.29. The Labute approximate surface area is 121 Å². The zero-order valence-electron chi connectivity index (χ0n) is 12.4. The van der Waals surface area contributed by atoms with E-state index in [1.54, 1.807) is 0 Å². The minimum absolute atomic E-state index is 0.634. The topological polar surface area (TPSA) is 29.9 Å². The maximum atomic E-state index is 6.51. The molecule has 1 fully saturated rings. The van der Waals surface area contributed by atoms with E-state index in [1.807, 2.05) is 0 Å². The standard InChI is InChI=1S/C15H26ClN3/c1-4-12-15(16)14(19(5-2)18-12)10-11-8-6-7-9-13(11)17-3/h11,13,17H,4-10H2,1-3H3. The van der Waals surface area contributed by atoms with Gasteiger partial charge in [-0.3, -0.25) is 4.68 Å². The zero-order valence-corrected chi connectivity index (χ0v) is 13.1. The number of hydrogen-bond donors (Lipinski definition) is 1. The number of aromatic nitrogens is 2. The molecule has 0 aromatic carbocycles. The van der Waals surface area contributed by atoms with E-state index < -0.39 is 0 Å². The van der Waals surface area contributed by atoms with Gasteiger partial charge in [0.15, 0.2) is 0 Å². The van der Waals surface area contributed by atoms with Crippen molar-refractivity contribution in [1.29, 1.82) is 0 Å². The molecule has 19 heavy (non-hydrogen) atoms. The molecule has 0 saturated heterocycles. The lowest BCUT2D eigenvalue weighted by Gasteiger charge is -2.31.